The van der Waals surface area contributed by atoms with E-state index in [1.807, 2.05) is 19.1 Å². The molecule has 3 rings (SSSR count). The van der Waals surface area contributed by atoms with E-state index in [2.05, 4.69) is 10.6 Å². The fraction of sp³-hybridized carbons (Fsp3) is 0.130. The summed E-state index contributed by atoms with van der Waals surface area (Å²) in [5, 5.41) is 5.05. The number of halogens is 3. The van der Waals surface area contributed by atoms with Crippen molar-refractivity contribution in [2.75, 3.05) is 17.2 Å². The minimum absolute atomic E-state index is 0.0146. The third-order valence-corrected chi connectivity index (χ3v) is 4.22. The Morgan fingerprint density at radius 1 is 0.871 bits per heavy atom. The van der Waals surface area contributed by atoms with Crippen molar-refractivity contribution in [2.45, 2.75) is 13.1 Å². The van der Waals surface area contributed by atoms with Crippen LogP contribution in [0.1, 0.15) is 21.5 Å². The molecule has 2 N–H and O–H groups in total. The molecule has 0 saturated carbocycles. The summed E-state index contributed by atoms with van der Waals surface area (Å²) in [5.41, 5.74) is 0.683. The molecule has 160 valence electrons. The van der Waals surface area contributed by atoms with Gasteiger partial charge in [-0.05, 0) is 61.0 Å². The van der Waals surface area contributed by atoms with Gasteiger partial charge < -0.3 is 15.4 Å². The van der Waals surface area contributed by atoms with Gasteiger partial charge >= 0.3 is 6.18 Å². The van der Waals surface area contributed by atoms with Gasteiger partial charge in [-0.1, -0.05) is 24.3 Å². The van der Waals surface area contributed by atoms with Crippen LogP contribution in [0.25, 0.3) is 0 Å². The van der Waals surface area contributed by atoms with Gasteiger partial charge in [0.05, 0.1) is 5.56 Å². The molecule has 0 radical (unpaired) electrons. The molecule has 0 aliphatic carbocycles. The molecule has 0 atom stereocenters. The SMILES string of the molecule is Cc1cccc(OCC(=O)Nc2cccc(C(=O)Nc3cccc(C(F)(F)F)c3)c2)c1. The van der Waals surface area contributed by atoms with Gasteiger partial charge in [0, 0.05) is 16.9 Å². The van der Waals surface area contributed by atoms with E-state index in [0.29, 0.717) is 11.4 Å². The van der Waals surface area contributed by atoms with Crippen molar-refractivity contribution in [1.29, 1.82) is 0 Å². The van der Waals surface area contributed by atoms with Crippen LogP contribution < -0.4 is 15.4 Å². The number of carbonyl (C=O) groups excluding carboxylic acids is 2. The summed E-state index contributed by atoms with van der Waals surface area (Å²) in [7, 11) is 0. The molecule has 0 saturated heterocycles. The Bertz CT molecular complexity index is 1100. The highest BCUT2D eigenvalue weighted by Gasteiger charge is 2.30. The fourth-order valence-corrected chi connectivity index (χ4v) is 2.77. The molecule has 5 nitrogen and oxygen atoms in total. The average Bonchev–Trinajstić information content (AvgIpc) is 2.72. The molecule has 2 amide bonds. The molecule has 0 aliphatic rings. The molecule has 0 unspecified atom stereocenters. The molecule has 0 aliphatic heterocycles. The Morgan fingerprint density at radius 3 is 2.26 bits per heavy atom. The van der Waals surface area contributed by atoms with E-state index in [1.54, 1.807) is 24.3 Å². The molecule has 0 heterocycles. The van der Waals surface area contributed by atoms with Crippen molar-refractivity contribution in [3.05, 3.63) is 89.5 Å². The van der Waals surface area contributed by atoms with E-state index in [0.717, 1.165) is 17.7 Å². The van der Waals surface area contributed by atoms with Crippen LogP contribution in [0.3, 0.4) is 0 Å². The molecule has 0 spiro atoms. The minimum atomic E-state index is -4.51. The number of aryl methyl sites for hydroxylation is 1. The lowest BCUT2D eigenvalue weighted by molar-refractivity contribution is -0.137. The van der Waals surface area contributed by atoms with Gasteiger partial charge in [0.15, 0.2) is 6.61 Å². The van der Waals surface area contributed by atoms with Crippen LogP contribution in [0.5, 0.6) is 5.75 Å². The van der Waals surface area contributed by atoms with Crippen molar-refractivity contribution < 1.29 is 27.5 Å². The number of hydrogen-bond acceptors (Lipinski definition) is 3. The maximum absolute atomic E-state index is 12.8. The maximum Gasteiger partial charge on any atom is 0.416 e. The first-order valence-corrected chi connectivity index (χ1v) is 9.29. The topological polar surface area (TPSA) is 67.4 Å². The molecular formula is C23H19F3N2O3. The molecule has 0 fully saturated rings. The van der Waals surface area contributed by atoms with Crippen molar-refractivity contribution in [3.63, 3.8) is 0 Å². The molecule has 31 heavy (non-hydrogen) atoms. The normalized spacial score (nSPS) is 11.0. The van der Waals surface area contributed by atoms with Gasteiger partial charge in [-0.2, -0.15) is 13.2 Å². The lowest BCUT2D eigenvalue weighted by atomic mass is 10.1. The van der Waals surface area contributed by atoms with E-state index < -0.39 is 23.6 Å². The van der Waals surface area contributed by atoms with Crippen LogP contribution in [-0.4, -0.2) is 18.4 Å². The summed E-state index contributed by atoms with van der Waals surface area (Å²) in [6.07, 6.45) is -4.51. The molecular weight excluding hydrogens is 409 g/mol. The van der Waals surface area contributed by atoms with Crippen LogP contribution in [0.15, 0.2) is 72.8 Å². The molecule has 8 heteroatoms. The molecule has 0 bridgehead atoms. The van der Waals surface area contributed by atoms with E-state index >= 15 is 0 Å². The second kappa shape index (κ2) is 9.34. The van der Waals surface area contributed by atoms with E-state index in [-0.39, 0.29) is 17.9 Å². The number of nitrogens with one attached hydrogen (secondary N) is 2. The highest BCUT2D eigenvalue weighted by Crippen LogP contribution is 2.30. The number of anilines is 2. The number of ether oxygens (including phenoxy) is 1. The van der Waals surface area contributed by atoms with Crippen LogP contribution in [-0.2, 0) is 11.0 Å². The highest BCUT2D eigenvalue weighted by atomic mass is 19.4. The van der Waals surface area contributed by atoms with Gasteiger partial charge in [-0.25, -0.2) is 0 Å². The Balaban J connectivity index is 1.61. The second-order valence-electron chi connectivity index (χ2n) is 6.77. The lowest BCUT2D eigenvalue weighted by Crippen LogP contribution is -2.20. The second-order valence-corrected chi connectivity index (χ2v) is 6.77. The lowest BCUT2D eigenvalue weighted by Gasteiger charge is -2.11. The van der Waals surface area contributed by atoms with Gasteiger partial charge in [-0.3, -0.25) is 9.59 Å². The van der Waals surface area contributed by atoms with Crippen molar-refractivity contribution in [2.24, 2.45) is 0 Å². The summed E-state index contributed by atoms with van der Waals surface area (Å²) in [6, 6.07) is 17.7. The van der Waals surface area contributed by atoms with Gasteiger partial charge in [0.1, 0.15) is 5.75 Å². The summed E-state index contributed by atoms with van der Waals surface area (Å²) >= 11 is 0. The largest absolute Gasteiger partial charge is 0.484 e. The van der Waals surface area contributed by atoms with Gasteiger partial charge in [0.2, 0.25) is 0 Å². The number of hydrogen-bond donors (Lipinski definition) is 2. The van der Waals surface area contributed by atoms with Crippen LogP contribution in [0, 0.1) is 6.92 Å². The zero-order valence-electron chi connectivity index (χ0n) is 16.5. The van der Waals surface area contributed by atoms with Crippen LogP contribution in [0.2, 0.25) is 0 Å². The number of rotatable bonds is 6. The Hall–Kier alpha value is -3.81. The summed E-state index contributed by atoms with van der Waals surface area (Å²) < 4.78 is 43.9. The number of benzene rings is 3. The van der Waals surface area contributed by atoms with Gasteiger partial charge in [0.25, 0.3) is 11.8 Å². The minimum Gasteiger partial charge on any atom is -0.484 e. The number of alkyl halides is 3. The van der Waals surface area contributed by atoms with Crippen molar-refractivity contribution in [1.82, 2.24) is 0 Å². The number of amides is 2. The monoisotopic (exact) mass is 428 g/mol. The third-order valence-electron chi connectivity index (χ3n) is 4.22. The molecule has 3 aromatic carbocycles. The van der Waals surface area contributed by atoms with Crippen LogP contribution in [0.4, 0.5) is 24.5 Å². The Kier molecular flexibility index (Phi) is 6.59. The number of carbonyl (C=O) groups is 2. The van der Waals surface area contributed by atoms with E-state index in [9.17, 15) is 22.8 Å². The predicted molar refractivity (Wildman–Crippen MR) is 111 cm³/mol. The smallest absolute Gasteiger partial charge is 0.416 e. The fourth-order valence-electron chi connectivity index (χ4n) is 2.77. The average molecular weight is 428 g/mol. The summed E-state index contributed by atoms with van der Waals surface area (Å²) in [4.78, 5) is 24.6. The van der Waals surface area contributed by atoms with Crippen molar-refractivity contribution >= 4 is 23.2 Å². The zero-order valence-corrected chi connectivity index (χ0v) is 16.5. The standard InChI is InChI=1S/C23H19F3N2O3/c1-15-5-2-10-20(11-15)31-14-21(29)27-18-8-3-6-16(12-18)22(30)28-19-9-4-7-17(13-19)23(24,25)26/h2-13H,14H2,1H3,(H,27,29)(H,28,30). The summed E-state index contributed by atoms with van der Waals surface area (Å²) in [5.74, 6) is -0.465. The predicted octanol–water partition coefficient (Wildman–Crippen LogP) is 5.28. The Labute approximate surface area is 176 Å². The summed E-state index contributed by atoms with van der Waals surface area (Å²) in [6.45, 7) is 1.69. The Morgan fingerprint density at radius 2 is 1.55 bits per heavy atom. The van der Waals surface area contributed by atoms with Gasteiger partial charge in [-0.15, -0.1) is 0 Å². The van der Waals surface area contributed by atoms with E-state index in [4.69, 9.17) is 4.74 Å². The van der Waals surface area contributed by atoms with E-state index in [1.165, 1.54) is 24.3 Å². The van der Waals surface area contributed by atoms with Crippen LogP contribution >= 0.6 is 0 Å². The third kappa shape index (κ3) is 6.33. The quantitative estimate of drug-likeness (QED) is 0.561. The highest BCUT2D eigenvalue weighted by molar-refractivity contribution is 6.05. The first-order chi connectivity index (χ1) is 14.7. The first-order valence-electron chi connectivity index (χ1n) is 9.29. The zero-order chi connectivity index (χ0) is 22.4. The molecule has 3 aromatic rings. The molecule has 0 aromatic heterocycles. The first kappa shape index (κ1) is 21.9. The maximum atomic E-state index is 12.8. The van der Waals surface area contributed by atoms with Crippen molar-refractivity contribution in [3.8, 4) is 5.75 Å².